The van der Waals surface area contributed by atoms with Crippen molar-refractivity contribution < 1.29 is 5.11 Å². The summed E-state index contributed by atoms with van der Waals surface area (Å²) in [7, 11) is 0. The second-order valence-electron chi connectivity index (χ2n) is 4.83. The minimum Gasteiger partial charge on any atom is -0.396 e. The number of hydrogen-bond donors (Lipinski definition) is 2. The van der Waals surface area contributed by atoms with Crippen LogP contribution in [0.15, 0.2) is 18.2 Å². The molecule has 3 heteroatoms. The molecule has 17 heavy (non-hydrogen) atoms. The topological polar surface area (TPSA) is 35.5 Å². The largest absolute Gasteiger partial charge is 0.396 e. The van der Waals surface area contributed by atoms with Crippen LogP contribution in [0.3, 0.4) is 0 Å². The molecule has 0 radical (unpaired) electrons. The molecule has 0 saturated carbocycles. The zero-order valence-electron chi connectivity index (χ0n) is 10.7. The summed E-state index contributed by atoms with van der Waals surface area (Å²) >= 11 is 0. The van der Waals surface area contributed by atoms with Crippen LogP contribution >= 0.6 is 0 Å². The molecule has 2 rings (SSSR count). The van der Waals surface area contributed by atoms with Gasteiger partial charge in [-0.05, 0) is 37.5 Å². The highest BCUT2D eigenvalue weighted by molar-refractivity contribution is 5.56. The average molecular weight is 234 g/mol. The summed E-state index contributed by atoms with van der Waals surface area (Å²) in [4.78, 5) is 2.43. The Kier molecular flexibility index (Phi) is 4.02. The van der Waals surface area contributed by atoms with Crippen LogP contribution in [-0.2, 0) is 0 Å². The van der Waals surface area contributed by atoms with Crippen LogP contribution in [0.2, 0.25) is 0 Å². The Bertz CT molecular complexity index is 376. The van der Waals surface area contributed by atoms with E-state index in [2.05, 4.69) is 42.3 Å². The van der Waals surface area contributed by atoms with Crippen LogP contribution in [-0.4, -0.2) is 37.4 Å². The first kappa shape index (κ1) is 12.4. The third-order valence-electron chi connectivity index (χ3n) is 3.65. The molecule has 1 fully saturated rings. The molecule has 1 aliphatic rings. The Labute approximate surface area is 103 Å². The minimum atomic E-state index is 0.262. The lowest BCUT2D eigenvalue weighted by Crippen LogP contribution is -2.51. The molecule has 0 aliphatic carbocycles. The van der Waals surface area contributed by atoms with Crippen LogP contribution < -0.4 is 10.2 Å². The maximum absolute atomic E-state index is 9.02. The molecule has 1 atom stereocenters. The van der Waals surface area contributed by atoms with Gasteiger partial charge in [-0.2, -0.15) is 0 Å². The summed E-state index contributed by atoms with van der Waals surface area (Å²) < 4.78 is 0. The number of rotatable bonds is 3. The van der Waals surface area contributed by atoms with E-state index in [-0.39, 0.29) is 6.61 Å². The molecule has 1 aromatic carbocycles. The Balaban J connectivity index is 2.13. The SMILES string of the molecule is Cc1cccc(N2CCNC(CCO)C2)c1C. The van der Waals surface area contributed by atoms with Crippen LogP contribution in [0.25, 0.3) is 0 Å². The number of nitrogens with zero attached hydrogens (tertiary/aromatic N) is 1. The van der Waals surface area contributed by atoms with E-state index < -0.39 is 0 Å². The molecule has 0 amide bonds. The number of nitrogens with one attached hydrogen (secondary N) is 1. The monoisotopic (exact) mass is 234 g/mol. The second-order valence-corrected chi connectivity index (χ2v) is 4.83. The zero-order chi connectivity index (χ0) is 12.3. The highest BCUT2D eigenvalue weighted by Gasteiger charge is 2.20. The van der Waals surface area contributed by atoms with Gasteiger partial charge < -0.3 is 15.3 Å². The Morgan fingerprint density at radius 1 is 1.41 bits per heavy atom. The number of aryl methyl sites for hydroxylation is 1. The fourth-order valence-corrected chi connectivity index (χ4v) is 2.47. The number of aliphatic hydroxyl groups is 1. The van der Waals surface area contributed by atoms with Gasteiger partial charge in [0.2, 0.25) is 0 Å². The van der Waals surface area contributed by atoms with Gasteiger partial charge >= 0.3 is 0 Å². The number of hydrogen-bond acceptors (Lipinski definition) is 3. The third kappa shape index (κ3) is 2.79. The van der Waals surface area contributed by atoms with Crippen molar-refractivity contribution in [1.82, 2.24) is 5.32 Å². The highest BCUT2D eigenvalue weighted by Crippen LogP contribution is 2.23. The van der Waals surface area contributed by atoms with E-state index in [9.17, 15) is 0 Å². The summed E-state index contributed by atoms with van der Waals surface area (Å²) in [6, 6.07) is 6.89. The van der Waals surface area contributed by atoms with Gasteiger partial charge in [-0.3, -0.25) is 0 Å². The molecule has 1 aromatic rings. The molecular formula is C14H22N2O. The summed E-state index contributed by atoms with van der Waals surface area (Å²) in [6.45, 7) is 7.65. The predicted molar refractivity (Wildman–Crippen MR) is 71.6 cm³/mol. The van der Waals surface area contributed by atoms with Crippen molar-refractivity contribution >= 4 is 5.69 Å². The van der Waals surface area contributed by atoms with E-state index in [1.807, 2.05) is 0 Å². The van der Waals surface area contributed by atoms with Crippen LogP contribution in [0.1, 0.15) is 17.5 Å². The van der Waals surface area contributed by atoms with Crippen molar-refractivity contribution in [1.29, 1.82) is 0 Å². The normalized spacial score (nSPS) is 20.6. The van der Waals surface area contributed by atoms with Gasteiger partial charge in [0, 0.05) is 38.0 Å². The molecule has 1 saturated heterocycles. The van der Waals surface area contributed by atoms with Crippen LogP contribution in [0.5, 0.6) is 0 Å². The minimum absolute atomic E-state index is 0.262. The summed E-state index contributed by atoms with van der Waals surface area (Å²) in [5.41, 5.74) is 4.06. The van der Waals surface area contributed by atoms with Crippen molar-refractivity contribution in [2.75, 3.05) is 31.1 Å². The molecule has 2 N–H and O–H groups in total. The van der Waals surface area contributed by atoms with Gasteiger partial charge in [-0.1, -0.05) is 12.1 Å². The van der Waals surface area contributed by atoms with E-state index in [0.29, 0.717) is 6.04 Å². The van der Waals surface area contributed by atoms with E-state index >= 15 is 0 Å². The highest BCUT2D eigenvalue weighted by atomic mass is 16.3. The van der Waals surface area contributed by atoms with E-state index in [1.165, 1.54) is 16.8 Å². The van der Waals surface area contributed by atoms with Gasteiger partial charge in [-0.15, -0.1) is 0 Å². The fraction of sp³-hybridized carbons (Fsp3) is 0.571. The molecule has 0 spiro atoms. The van der Waals surface area contributed by atoms with E-state index in [1.54, 1.807) is 0 Å². The summed E-state index contributed by atoms with van der Waals surface area (Å²) in [6.07, 6.45) is 0.835. The first-order valence-electron chi connectivity index (χ1n) is 6.38. The van der Waals surface area contributed by atoms with Gasteiger partial charge in [-0.25, -0.2) is 0 Å². The second kappa shape index (κ2) is 5.52. The maximum Gasteiger partial charge on any atom is 0.0446 e. The molecule has 3 nitrogen and oxygen atoms in total. The predicted octanol–water partition coefficient (Wildman–Crippen LogP) is 1.46. The van der Waals surface area contributed by atoms with Crippen molar-refractivity contribution in [3.8, 4) is 0 Å². The van der Waals surface area contributed by atoms with Gasteiger partial charge in [0.25, 0.3) is 0 Å². The Morgan fingerprint density at radius 3 is 3.00 bits per heavy atom. The molecule has 0 aromatic heterocycles. The molecule has 1 unspecified atom stereocenters. The van der Waals surface area contributed by atoms with Crippen LogP contribution in [0.4, 0.5) is 5.69 Å². The smallest absolute Gasteiger partial charge is 0.0446 e. The van der Waals surface area contributed by atoms with E-state index in [0.717, 1.165) is 26.1 Å². The average Bonchev–Trinajstić information content (AvgIpc) is 2.33. The van der Waals surface area contributed by atoms with Crippen molar-refractivity contribution in [3.05, 3.63) is 29.3 Å². The fourth-order valence-electron chi connectivity index (χ4n) is 2.47. The van der Waals surface area contributed by atoms with Crippen molar-refractivity contribution in [2.24, 2.45) is 0 Å². The lowest BCUT2D eigenvalue weighted by atomic mass is 10.0. The molecule has 1 heterocycles. The lowest BCUT2D eigenvalue weighted by molar-refractivity contribution is 0.260. The number of anilines is 1. The maximum atomic E-state index is 9.02. The van der Waals surface area contributed by atoms with Crippen molar-refractivity contribution in [3.63, 3.8) is 0 Å². The summed E-state index contributed by atoms with van der Waals surface area (Å²) in [5, 5.41) is 12.5. The van der Waals surface area contributed by atoms with Crippen LogP contribution in [0, 0.1) is 13.8 Å². The number of piperazine rings is 1. The quantitative estimate of drug-likeness (QED) is 0.831. The third-order valence-corrected chi connectivity index (χ3v) is 3.65. The molecule has 94 valence electrons. The van der Waals surface area contributed by atoms with Gasteiger partial charge in [0.05, 0.1) is 0 Å². The Hall–Kier alpha value is -1.06. The van der Waals surface area contributed by atoms with Gasteiger partial charge in [0.1, 0.15) is 0 Å². The standard InChI is InChI=1S/C14H22N2O/c1-11-4-3-5-14(12(11)2)16-8-7-15-13(10-16)6-9-17/h3-5,13,15,17H,6-10H2,1-2H3. The number of benzene rings is 1. The first-order valence-corrected chi connectivity index (χ1v) is 6.38. The molecule has 0 bridgehead atoms. The first-order chi connectivity index (χ1) is 8.22. The summed E-state index contributed by atoms with van der Waals surface area (Å²) in [5.74, 6) is 0. The lowest BCUT2D eigenvalue weighted by Gasteiger charge is -2.36. The number of aliphatic hydroxyl groups excluding tert-OH is 1. The molecule has 1 aliphatic heterocycles. The van der Waals surface area contributed by atoms with E-state index in [4.69, 9.17) is 5.11 Å². The zero-order valence-corrected chi connectivity index (χ0v) is 10.7. The Morgan fingerprint density at radius 2 is 2.24 bits per heavy atom. The molecular weight excluding hydrogens is 212 g/mol. The van der Waals surface area contributed by atoms with Gasteiger partial charge in [0.15, 0.2) is 0 Å². The van der Waals surface area contributed by atoms with Crippen molar-refractivity contribution in [2.45, 2.75) is 26.3 Å².